The van der Waals surface area contributed by atoms with Gasteiger partial charge in [-0.2, -0.15) is 0 Å². The van der Waals surface area contributed by atoms with Crippen molar-refractivity contribution < 1.29 is 19.2 Å². The first-order valence-electron chi connectivity index (χ1n) is 10.6. The van der Waals surface area contributed by atoms with Crippen molar-refractivity contribution in [1.29, 1.82) is 0 Å². The summed E-state index contributed by atoms with van der Waals surface area (Å²) in [5.74, 6) is -0.989. The van der Waals surface area contributed by atoms with E-state index in [1.165, 1.54) is 4.90 Å². The van der Waals surface area contributed by atoms with E-state index < -0.39 is 11.9 Å². The summed E-state index contributed by atoms with van der Waals surface area (Å²) in [5, 5.41) is 7.88. The Labute approximate surface area is 189 Å². The number of carbonyl (C=O) groups is 4. The number of anilines is 1. The maximum atomic E-state index is 12.9. The van der Waals surface area contributed by atoms with Crippen molar-refractivity contribution in [2.75, 3.05) is 5.32 Å². The van der Waals surface area contributed by atoms with E-state index in [4.69, 9.17) is 0 Å². The quantitative estimate of drug-likeness (QED) is 0.527. The molecule has 0 saturated carbocycles. The molecule has 5 amide bonds. The van der Waals surface area contributed by atoms with E-state index in [1.807, 2.05) is 35.7 Å². The number of hydrogen-bond donors (Lipinski definition) is 3. The van der Waals surface area contributed by atoms with Crippen LogP contribution in [-0.2, 0) is 22.7 Å². The zero-order valence-corrected chi connectivity index (χ0v) is 17.9. The van der Waals surface area contributed by atoms with Gasteiger partial charge >= 0.3 is 6.03 Å². The fraction of sp³-hybridized carbons (Fsp3) is 0.261. The van der Waals surface area contributed by atoms with Crippen molar-refractivity contribution in [3.8, 4) is 0 Å². The number of imidazole rings is 1. The average molecular weight is 446 g/mol. The summed E-state index contributed by atoms with van der Waals surface area (Å²) in [6, 6.07) is 8.01. The number of aryl methyl sites for hydroxylation is 1. The fourth-order valence-corrected chi connectivity index (χ4v) is 4.26. The van der Waals surface area contributed by atoms with Gasteiger partial charge in [0.2, 0.25) is 11.8 Å². The van der Waals surface area contributed by atoms with Gasteiger partial charge in [-0.1, -0.05) is 12.1 Å². The Hall–Kier alpha value is -4.21. The minimum Gasteiger partial charge on any atom is -0.334 e. The summed E-state index contributed by atoms with van der Waals surface area (Å²) in [6.07, 6.45) is 4.20. The predicted molar refractivity (Wildman–Crippen MR) is 118 cm³/mol. The van der Waals surface area contributed by atoms with Gasteiger partial charge in [-0.05, 0) is 42.7 Å². The molecular weight excluding hydrogens is 424 g/mol. The van der Waals surface area contributed by atoms with Crippen LogP contribution in [0, 0.1) is 6.92 Å². The van der Waals surface area contributed by atoms with Gasteiger partial charge in [0.1, 0.15) is 11.7 Å². The Balaban J connectivity index is 1.22. The van der Waals surface area contributed by atoms with E-state index in [1.54, 1.807) is 18.3 Å². The van der Waals surface area contributed by atoms with Gasteiger partial charge in [0.05, 0.1) is 11.4 Å². The number of carbonyl (C=O) groups excluding carboxylic acids is 4. The van der Waals surface area contributed by atoms with Crippen molar-refractivity contribution in [1.82, 2.24) is 24.9 Å². The fourth-order valence-electron chi connectivity index (χ4n) is 4.26. The summed E-state index contributed by atoms with van der Waals surface area (Å²) in [4.78, 5) is 54.7. The lowest BCUT2D eigenvalue weighted by Gasteiger charge is -2.29. The summed E-state index contributed by atoms with van der Waals surface area (Å²) in [7, 11) is 0. The molecular formula is C23H22N6O4. The molecule has 1 unspecified atom stereocenters. The van der Waals surface area contributed by atoms with E-state index in [0.29, 0.717) is 24.2 Å². The highest BCUT2D eigenvalue weighted by Crippen LogP contribution is 2.28. The first-order valence-corrected chi connectivity index (χ1v) is 10.6. The molecule has 10 heteroatoms. The van der Waals surface area contributed by atoms with Crippen molar-refractivity contribution in [3.63, 3.8) is 0 Å². The lowest BCUT2D eigenvalue weighted by Crippen LogP contribution is -2.52. The number of nitrogens with one attached hydrogen (secondary N) is 3. The molecule has 168 valence electrons. The zero-order valence-electron chi connectivity index (χ0n) is 17.9. The van der Waals surface area contributed by atoms with E-state index >= 15 is 0 Å². The van der Waals surface area contributed by atoms with Gasteiger partial charge in [-0.3, -0.25) is 19.7 Å². The minimum absolute atomic E-state index is 0.216. The first-order chi connectivity index (χ1) is 15.9. The number of amides is 5. The molecule has 2 aliphatic rings. The molecule has 5 rings (SSSR count). The number of imide groups is 1. The number of pyridine rings is 1. The molecule has 3 aromatic rings. The smallest absolute Gasteiger partial charge is 0.319 e. The monoisotopic (exact) mass is 446 g/mol. The Morgan fingerprint density at radius 3 is 2.85 bits per heavy atom. The highest BCUT2D eigenvalue weighted by molar-refractivity contribution is 6.05. The van der Waals surface area contributed by atoms with Crippen LogP contribution in [0.4, 0.5) is 10.5 Å². The number of fused-ring (bicyclic) bond motifs is 2. The van der Waals surface area contributed by atoms with E-state index in [9.17, 15) is 19.2 Å². The average Bonchev–Trinajstić information content (AvgIpc) is 3.31. The molecule has 1 aromatic carbocycles. The molecule has 1 fully saturated rings. The predicted octanol–water partition coefficient (Wildman–Crippen LogP) is 1.73. The van der Waals surface area contributed by atoms with Crippen LogP contribution in [0.3, 0.4) is 0 Å². The molecule has 0 radical (unpaired) electrons. The Morgan fingerprint density at radius 2 is 2.03 bits per heavy atom. The van der Waals surface area contributed by atoms with Crippen molar-refractivity contribution in [3.05, 3.63) is 65.1 Å². The summed E-state index contributed by atoms with van der Waals surface area (Å²) in [5.41, 5.74) is 4.41. The lowest BCUT2D eigenvalue weighted by atomic mass is 10.0. The van der Waals surface area contributed by atoms with Gasteiger partial charge in [0, 0.05) is 37.5 Å². The van der Waals surface area contributed by atoms with Crippen LogP contribution in [0.15, 0.2) is 42.7 Å². The van der Waals surface area contributed by atoms with Crippen LogP contribution >= 0.6 is 0 Å². The molecule has 4 heterocycles. The second kappa shape index (κ2) is 8.05. The summed E-state index contributed by atoms with van der Waals surface area (Å²) in [6.45, 7) is 2.46. The summed E-state index contributed by atoms with van der Waals surface area (Å²) >= 11 is 0. The van der Waals surface area contributed by atoms with Gasteiger partial charge < -0.3 is 19.9 Å². The van der Waals surface area contributed by atoms with E-state index in [2.05, 4.69) is 20.9 Å². The molecule has 0 bridgehead atoms. The van der Waals surface area contributed by atoms with Gasteiger partial charge in [0.15, 0.2) is 0 Å². The third kappa shape index (κ3) is 4.02. The van der Waals surface area contributed by atoms with Crippen molar-refractivity contribution in [2.45, 2.75) is 38.9 Å². The zero-order chi connectivity index (χ0) is 23.1. The van der Waals surface area contributed by atoms with Crippen LogP contribution in [0.2, 0.25) is 0 Å². The highest BCUT2D eigenvalue weighted by atomic mass is 16.2. The molecule has 1 saturated heterocycles. The molecule has 2 aromatic heterocycles. The highest BCUT2D eigenvalue weighted by Gasteiger charge is 2.39. The number of hydrogen-bond acceptors (Lipinski definition) is 5. The maximum absolute atomic E-state index is 12.9. The topological polar surface area (TPSA) is 125 Å². The minimum atomic E-state index is -0.647. The number of nitrogens with zero attached hydrogens (tertiary/aromatic N) is 3. The van der Waals surface area contributed by atoms with Crippen LogP contribution < -0.4 is 16.0 Å². The van der Waals surface area contributed by atoms with Crippen LogP contribution in [0.5, 0.6) is 0 Å². The van der Waals surface area contributed by atoms with E-state index in [0.717, 1.165) is 22.5 Å². The molecule has 10 nitrogen and oxygen atoms in total. The standard InChI is InChI=1S/C23H22N6O4/c1-13-10-28-12-16(4-6-19(28)25-13)26-23(33)24-9-14-2-3-15-11-29(22(32)17(15)8-14)18-5-7-20(30)27-21(18)31/h2-4,6,8,10,12,18H,5,7,9,11H2,1H3,(H2,24,26,33)(H,27,30,31). The number of urea groups is 1. The second-order valence-corrected chi connectivity index (χ2v) is 8.26. The van der Waals surface area contributed by atoms with Crippen LogP contribution in [0.1, 0.15) is 40.0 Å². The largest absolute Gasteiger partial charge is 0.334 e. The third-order valence-electron chi connectivity index (χ3n) is 5.88. The van der Waals surface area contributed by atoms with Crippen LogP contribution in [-0.4, -0.2) is 44.1 Å². The van der Waals surface area contributed by atoms with E-state index in [-0.39, 0.29) is 30.8 Å². The number of aromatic nitrogens is 2. The lowest BCUT2D eigenvalue weighted by molar-refractivity contribution is -0.136. The first kappa shape index (κ1) is 20.7. The molecule has 1 atom stereocenters. The maximum Gasteiger partial charge on any atom is 0.319 e. The Kier molecular flexibility index (Phi) is 5.04. The van der Waals surface area contributed by atoms with Gasteiger partial charge in [-0.15, -0.1) is 0 Å². The number of benzene rings is 1. The Bertz CT molecular complexity index is 1310. The van der Waals surface area contributed by atoms with Crippen molar-refractivity contribution >= 4 is 35.1 Å². The Morgan fingerprint density at radius 1 is 1.18 bits per heavy atom. The molecule has 3 N–H and O–H groups in total. The summed E-state index contributed by atoms with van der Waals surface area (Å²) < 4.78 is 1.84. The molecule has 0 aliphatic carbocycles. The third-order valence-corrected chi connectivity index (χ3v) is 5.88. The van der Waals surface area contributed by atoms with Gasteiger partial charge in [0.25, 0.3) is 5.91 Å². The normalized spacial score (nSPS) is 17.8. The molecule has 33 heavy (non-hydrogen) atoms. The SMILES string of the molecule is Cc1cn2cc(NC(=O)NCc3ccc4c(c3)C(=O)N(C3CCC(=O)NC3=O)C4)ccc2n1. The second-order valence-electron chi connectivity index (χ2n) is 8.26. The molecule has 0 spiro atoms. The van der Waals surface area contributed by atoms with Gasteiger partial charge in [-0.25, -0.2) is 9.78 Å². The number of rotatable bonds is 4. The molecule has 2 aliphatic heterocycles. The number of piperidine rings is 1. The van der Waals surface area contributed by atoms with Crippen LogP contribution in [0.25, 0.3) is 5.65 Å². The van der Waals surface area contributed by atoms with Crippen molar-refractivity contribution in [2.24, 2.45) is 0 Å².